The molecule has 2 heterocycles. The van der Waals surface area contributed by atoms with Gasteiger partial charge in [-0.1, -0.05) is 12.1 Å². The average Bonchev–Trinajstić information content (AvgIpc) is 2.56. The molecule has 6 nitrogen and oxygen atoms in total. The minimum absolute atomic E-state index is 0.0931. The molecule has 3 rings (SSSR count). The molecule has 2 aromatic rings. The number of pyridine rings is 1. The van der Waals surface area contributed by atoms with Crippen LogP contribution in [-0.2, 0) is 15.8 Å². The van der Waals surface area contributed by atoms with Crippen LogP contribution in [0.25, 0.3) is 0 Å². The van der Waals surface area contributed by atoms with Crippen molar-refractivity contribution in [1.29, 1.82) is 0 Å². The van der Waals surface area contributed by atoms with Gasteiger partial charge in [0.2, 0.25) is 0 Å². The maximum absolute atomic E-state index is 12.6. The first-order valence-electron chi connectivity index (χ1n) is 8.14. The van der Waals surface area contributed by atoms with E-state index in [9.17, 15) is 22.8 Å². The lowest BCUT2D eigenvalue weighted by atomic mass is 9.90. The number of nitrogens with two attached hydrogens (primary N) is 1. The van der Waals surface area contributed by atoms with Crippen LogP contribution in [0.5, 0.6) is 0 Å². The van der Waals surface area contributed by atoms with Gasteiger partial charge in [-0.15, -0.1) is 0 Å². The van der Waals surface area contributed by atoms with Crippen molar-refractivity contribution < 1.29 is 22.8 Å². The Morgan fingerprint density at radius 3 is 2.41 bits per heavy atom. The molecule has 27 heavy (non-hydrogen) atoms. The van der Waals surface area contributed by atoms with Crippen LogP contribution >= 0.6 is 0 Å². The van der Waals surface area contributed by atoms with Gasteiger partial charge < -0.3 is 16.0 Å². The van der Waals surface area contributed by atoms with Gasteiger partial charge in [0.05, 0.1) is 17.4 Å². The van der Waals surface area contributed by atoms with Gasteiger partial charge >= 0.3 is 18.0 Å². The first kappa shape index (κ1) is 18.7. The number of aromatic nitrogens is 1. The molecule has 1 aliphatic heterocycles. The molecule has 0 bridgehead atoms. The molecule has 1 aromatic heterocycles. The number of hydrogen-bond acceptors (Lipinski definition) is 4. The number of carbonyl (C=O) groups excluding carboxylic acids is 2. The summed E-state index contributed by atoms with van der Waals surface area (Å²) in [6.45, 7) is 2.27. The number of hydrogen-bond donors (Lipinski definition) is 2. The molecule has 3 N–H and O–H groups in total. The number of nitrogens with zero attached hydrogens (tertiary/aromatic N) is 2. The van der Waals surface area contributed by atoms with Gasteiger partial charge in [0.25, 0.3) is 0 Å². The van der Waals surface area contributed by atoms with E-state index in [1.54, 1.807) is 13.0 Å². The number of halogens is 3. The summed E-state index contributed by atoms with van der Waals surface area (Å²) in [5.41, 5.74) is 6.62. The van der Waals surface area contributed by atoms with E-state index in [4.69, 9.17) is 5.73 Å². The van der Waals surface area contributed by atoms with Crippen LogP contribution in [0.3, 0.4) is 0 Å². The van der Waals surface area contributed by atoms with Crippen molar-refractivity contribution in [3.8, 4) is 0 Å². The van der Waals surface area contributed by atoms with Crippen LogP contribution in [-0.4, -0.2) is 34.8 Å². The van der Waals surface area contributed by atoms with E-state index in [-0.39, 0.29) is 19.0 Å². The van der Waals surface area contributed by atoms with Crippen molar-refractivity contribution in [3.63, 3.8) is 0 Å². The molecule has 1 aliphatic rings. The summed E-state index contributed by atoms with van der Waals surface area (Å²) in [6, 6.07) is 6.44. The normalized spacial score (nSPS) is 14.6. The summed E-state index contributed by atoms with van der Waals surface area (Å²) in [7, 11) is 0. The highest BCUT2D eigenvalue weighted by Crippen LogP contribution is 2.32. The van der Waals surface area contributed by atoms with E-state index in [1.807, 2.05) is 0 Å². The van der Waals surface area contributed by atoms with Crippen molar-refractivity contribution in [2.75, 3.05) is 24.1 Å². The van der Waals surface area contributed by atoms with E-state index in [2.05, 4.69) is 10.3 Å². The van der Waals surface area contributed by atoms with E-state index < -0.39 is 23.6 Å². The number of aryl methyl sites for hydroxylation is 1. The number of amides is 2. The number of carbonyl (C=O) groups is 2. The van der Waals surface area contributed by atoms with E-state index >= 15 is 0 Å². The highest BCUT2D eigenvalue weighted by molar-refractivity contribution is 6.39. The maximum atomic E-state index is 12.6. The molecule has 0 atom stereocenters. The fourth-order valence-corrected chi connectivity index (χ4v) is 2.78. The zero-order chi connectivity index (χ0) is 19.8. The van der Waals surface area contributed by atoms with Gasteiger partial charge in [-0.05, 0) is 36.2 Å². The van der Waals surface area contributed by atoms with Crippen LogP contribution in [0.2, 0.25) is 0 Å². The van der Waals surface area contributed by atoms with Crippen molar-refractivity contribution in [3.05, 3.63) is 53.2 Å². The lowest BCUT2D eigenvalue weighted by Crippen LogP contribution is -2.52. The van der Waals surface area contributed by atoms with E-state index in [1.165, 1.54) is 23.2 Å². The smallest absolute Gasteiger partial charge is 0.383 e. The highest BCUT2D eigenvalue weighted by atomic mass is 19.4. The Hall–Kier alpha value is -3.10. The zero-order valence-corrected chi connectivity index (χ0v) is 14.4. The summed E-state index contributed by atoms with van der Waals surface area (Å²) in [5, 5.41) is 2.46. The SMILES string of the molecule is Cc1cc(NC(=O)C(=O)N2CC(c3ccc(C(F)(F)F)cc3)C2)cnc1N. The van der Waals surface area contributed by atoms with Gasteiger partial charge in [0, 0.05) is 19.0 Å². The lowest BCUT2D eigenvalue weighted by molar-refractivity contribution is -0.146. The Bertz CT molecular complexity index is 875. The molecule has 1 fully saturated rings. The molecule has 2 amide bonds. The highest BCUT2D eigenvalue weighted by Gasteiger charge is 2.36. The number of nitrogens with one attached hydrogen (secondary N) is 1. The largest absolute Gasteiger partial charge is 0.416 e. The number of benzene rings is 1. The lowest BCUT2D eigenvalue weighted by Gasteiger charge is -2.39. The minimum Gasteiger partial charge on any atom is -0.383 e. The second-order valence-corrected chi connectivity index (χ2v) is 6.41. The molecule has 142 valence electrons. The van der Waals surface area contributed by atoms with Crippen LogP contribution < -0.4 is 11.1 Å². The third-order valence-corrected chi connectivity index (χ3v) is 4.45. The summed E-state index contributed by atoms with van der Waals surface area (Å²) in [4.78, 5) is 29.5. The Kier molecular flexibility index (Phi) is 4.77. The number of rotatable bonds is 2. The first-order valence-corrected chi connectivity index (χ1v) is 8.14. The molecule has 0 spiro atoms. The van der Waals surface area contributed by atoms with E-state index in [0.29, 0.717) is 22.6 Å². The van der Waals surface area contributed by atoms with Crippen LogP contribution in [0.15, 0.2) is 36.5 Å². The van der Waals surface area contributed by atoms with Crippen molar-refractivity contribution in [2.24, 2.45) is 0 Å². The van der Waals surface area contributed by atoms with Gasteiger partial charge in [0.1, 0.15) is 5.82 Å². The third kappa shape index (κ3) is 4.02. The number of anilines is 2. The molecular formula is C18H17F3N4O2. The summed E-state index contributed by atoms with van der Waals surface area (Å²) in [5.74, 6) is -1.26. The average molecular weight is 378 g/mol. The van der Waals surface area contributed by atoms with Gasteiger partial charge in [0.15, 0.2) is 0 Å². The molecule has 0 aliphatic carbocycles. The van der Waals surface area contributed by atoms with Gasteiger partial charge in [-0.2, -0.15) is 13.2 Å². The van der Waals surface area contributed by atoms with Crippen LogP contribution in [0.1, 0.15) is 22.6 Å². The minimum atomic E-state index is -4.38. The second-order valence-electron chi connectivity index (χ2n) is 6.41. The Labute approximate surface area is 153 Å². The molecule has 1 aromatic carbocycles. The Balaban J connectivity index is 1.56. The summed E-state index contributed by atoms with van der Waals surface area (Å²) < 4.78 is 37.8. The second kappa shape index (κ2) is 6.90. The first-order chi connectivity index (χ1) is 12.6. The monoisotopic (exact) mass is 378 g/mol. The van der Waals surface area contributed by atoms with Gasteiger partial charge in [-0.25, -0.2) is 4.98 Å². The standard InChI is InChI=1S/C18H17F3N4O2/c1-10-6-14(7-23-15(10)22)24-16(26)17(27)25-8-12(9-25)11-2-4-13(5-3-11)18(19,20)21/h2-7,12H,8-9H2,1H3,(H2,22,23)(H,24,26). The van der Waals surface area contributed by atoms with Crippen molar-refractivity contribution in [1.82, 2.24) is 9.88 Å². The van der Waals surface area contributed by atoms with Gasteiger partial charge in [-0.3, -0.25) is 9.59 Å². The predicted octanol–water partition coefficient (Wildman–Crippen LogP) is 2.56. The predicted molar refractivity (Wildman–Crippen MR) is 92.8 cm³/mol. The van der Waals surface area contributed by atoms with Crippen molar-refractivity contribution in [2.45, 2.75) is 19.0 Å². The zero-order valence-electron chi connectivity index (χ0n) is 14.4. The molecule has 0 radical (unpaired) electrons. The number of likely N-dealkylation sites (tertiary alicyclic amines) is 1. The summed E-state index contributed by atoms with van der Waals surface area (Å²) >= 11 is 0. The molecule has 0 saturated carbocycles. The third-order valence-electron chi connectivity index (χ3n) is 4.45. The fourth-order valence-electron chi connectivity index (χ4n) is 2.78. The maximum Gasteiger partial charge on any atom is 0.416 e. The Morgan fingerprint density at radius 2 is 1.85 bits per heavy atom. The molecule has 9 heteroatoms. The van der Waals surface area contributed by atoms with Crippen LogP contribution in [0, 0.1) is 6.92 Å². The molecule has 1 saturated heterocycles. The Morgan fingerprint density at radius 1 is 1.22 bits per heavy atom. The number of alkyl halides is 3. The number of nitrogen functional groups attached to an aromatic ring is 1. The molecule has 0 unspecified atom stereocenters. The topological polar surface area (TPSA) is 88.3 Å². The van der Waals surface area contributed by atoms with E-state index in [0.717, 1.165) is 12.1 Å². The quantitative estimate of drug-likeness (QED) is 0.786. The fraction of sp³-hybridized carbons (Fsp3) is 0.278. The van der Waals surface area contributed by atoms with Crippen LogP contribution in [0.4, 0.5) is 24.7 Å². The molecular weight excluding hydrogens is 361 g/mol. The summed E-state index contributed by atoms with van der Waals surface area (Å²) in [6.07, 6.45) is -3.03. The van der Waals surface area contributed by atoms with Crippen molar-refractivity contribution >= 4 is 23.3 Å².